The van der Waals surface area contributed by atoms with E-state index in [4.69, 9.17) is 10.00 Å². The Morgan fingerprint density at radius 1 is 1.20 bits per heavy atom. The van der Waals surface area contributed by atoms with Gasteiger partial charge in [-0.1, -0.05) is 0 Å². The first-order chi connectivity index (χ1) is 15.9. The Morgan fingerprint density at radius 2 is 1.77 bits per heavy atom. The van der Waals surface area contributed by atoms with Gasteiger partial charge < -0.3 is 20.1 Å². The molecule has 1 heterocycles. The number of alkyl halides is 3. The Bertz CT molecular complexity index is 1110. The maximum atomic E-state index is 13.1. The number of hydrogen-bond acceptors (Lipinski definition) is 7. The fraction of sp³-hybridized carbons (Fsp3) is 0.591. The molecule has 1 aromatic rings. The fourth-order valence-electron chi connectivity index (χ4n) is 3.52. The fourth-order valence-corrected chi connectivity index (χ4v) is 5.60. The first-order valence-electron chi connectivity index (χ1n) is 10.7. The lowest BCUT2D eigenvalue weighted by Gasteiger charge is -2.34. The number of rotatable bonds is 5. The quantitative estimate of drug-likeness (QED) is 0.610. The van der Waals surface area contributed by atoms with E-state index in [9.17, 15) is 36.3 Å². The van der Waals surface area contributed by atoms with Crippen molar-refractivity contribution < 1.29 is 41.0 Å². The van der Waals surface area contributed by atoms with Gasteiger partial charge in [0.05, 0.1) is 28.2 Å². The van der Waals surface area contributed by atoms with Gasteiger partial charge >= 0.3 is 12.3 Å². The van der Waals surface area contributed by atoms with Crippen LogP contribution in [0.2, 0.25) is 0 Å². The highest BCUT2D eigenvalue weighted by molar-refractivity contribution is 7.92. The molecule has 2 N–H and O–H groups in total. The second-order valence-corrected chi connectivity index (χ2v) is 11.9. The molecule has 1 aliphatic rings. The minimum Gasteiger partial charge on any atom is -0.444 e. The van der Waals surface area contributed by atoms with Gasteiger partial charge in [-0.3, -0.25) is 4.79 Å². The molecule has 1 saturated heterocycles. The van der Waals surface area contributed by atoms with Crippen molar-refractivity contribution in [1.29, 1.82) is 5.26 Å². The largest absolute Gasteiger partial charge is 0.444 e. The topological polar surface area (TPSA) is 137 Å². The van der Waals surface area contributed by atoms with Crippen molar-refractivity contribution in [2.75, 3.05) is 24.2 Å². The van der Waals surface area contributed by atoms with Crippen LogP contribution in [0.15, 0.2) is 18.2 Å². The number of amides is 2. The lowest BCUT2D eigenvalue weighted by atomic mass is 10.1. The van der Waals surface area contributed by atoms with E-state index in [0.29, 0.717) is 6.07 Å². The summed E-state index contributed by atoms with van der Waals surface area (Å²) in [7, 11) is -4.02. The molecule has 0 radical (unpaired) electrons. The van der Waals surface area contributed by atoms with Crippen molar-refractivity contribution in [3.63, 3.8) is 0 Å². The number of halogens is 3. The van der Waals surface area contributed by atoms with E-state index in [-0.39, 0.29) is 31.6 Å². The Labute approximate surface area is 201 Å². The van der Waals surface area contributed by atoms with E-state index < -0.39 is 61.3 Å². The van der Waals surface area contributed by atoms with Crippen LogP contribution in [0, 0.1) is 11.3 Å². The summed E-state index contributed by atoms with van der Waals surface area (Å²) in [5.41, 5.74) is -5.44. The van der Waals surface area contributed by atoms with Crippen LogP contribution in [0.5, 0.6) is 0 Å². The van der Waals surface area contributed by atoms with Crippen molar-refractivity contribution >= 4 is 27.5 Å². The summed E-state index contributed by atoms with van der Waals surface area (Å²) >= 11 is 0. The number of nitrogens with zero attached hydrogens (tertiary/aromatic N) is 2. The molecule has 0 aromatic heterocycles. The second-order valence-electron chi connectivity index (χ2n) is 9.57. The first kappa shape index (κ1) is 28.4. The molecule has 1 aromatic carbocycles. The number of nitrogens with one attached hydrogen (secondary N) is 1. The number of ether oxygens (including phenoxy) is 1. The van der Waals surface area contributed by atoms with Crippen LogP contribution in [0.1, 0.15) is 51.7 Å². The Balaban J connectivity index is 2.07. The van der Waals surface area contributed by atoms with E-state index in [1.54, 1.807) is 20.8 Å². The molecular formula is C22H28F3N3O6S. The van der Waals surface area contributed by atoms with Crippen LogP contribution in [-0.2, 0) is 25.5 Å². The van der Waals surface area contributed by atoms with Gasteiger partial charge in [-0.15, -0.1) is 0 Å². The SMILES string of the molecule is CC(C)(C)OC(=O)N1CCC(S(=O)(=O)C[C@](C)(O)C(=O)Nc2ccc(C#N)c(C(F)(F)F)c2)CC1. The smallest absolute Gasteiger partial charge is 0.417 e. The number of likely N-dealkylation sites (tertiary alicyclic amines) is 1. The number of nitriles is 1. The highest BCUT2D eigenvalue weighted by Crippen LogP contribution is 2.34. The molecule has 2 rings (SSSR count). The van der Waals surface area contributed by atoms with Crippen molar-refractivity contribution in [3.05, 3.63) is 29.3 Å². The van der Waals surface area contributed by atoms with Gasteiger partial charge in [0.25, 0.3) is 5.91 Å². The number of carbonyl (C=O) groups is 2. The Hall–Kier alpha value is -2.85. The third kappa shape index (κ3) is 7.57. The maximum Gasteiger partial charge on any atom is 0.417 e. The number of aliphatic hydroxyl groups is 1. The molecule has 13 heteroatoms. The van der Waals surface area contributed by atoms with Gasteiger partial charge in [0, 0.05) is 18.8 Å². The average molecular weight is 520 g/mol. The first-order valence-corrected chi connectivity index (χ1v) is 12.4. The summed E-state index contributed by atoms with van der Waals surface area (Å²) in [6.45, 7) is 6.28. The minimum absolute atomic E-state index is 0.0733. The molecule has 194 valence electrons. The highest BCUT2D eigenvalue weighted by atomic mass is 32.2. The third-order valence-electron chi connectivity index (χ3n) is 5.28. The number of piperidine rings is 1. The van der Waals surface area contributed by atoms with Crippen molar-refractivity contribution in [2.45, 2.75) is 63.2 Å². The maximum absolute atomic E-state index is 13.1. The molecule has 35 heavy (non-hydrogen) atoms. The van der Waals surface area contributed by atoms with Crippen LogP contribution in [-0.4, -0.2) is 65.7 Å². The zero-order valence-electron chi connectivity index (χ0n) is 19.8. The number of carbonyl (C=O) groups excluding carboxylic acids is 2. The third-order valence-corrected chi connectivity index (χ3v) is 7.73. The van der Waals surface area contributed by atoms with Gasteiger partial charge in [0.1, 0.15) is 5.60 Å². The molecule has 0 bridgehead atoms. The summed E-state index contributed by atoms with van der Waals surface area (Å²) in [4.78, 5) is 26.1. The molecular weight excluding hydrogens is 491 g/mol. The van der Waals surface area contributed by atoms with Gasteiger partial charge in [-0.05, 0) is 58.7 Å². The Morgan fingerprint density at radius 3 is 2.26 bits per heavy atom. The summed E-state index contributed by atoms with van der Waals surface area (Å²) < 4.78 is 70.5. The molecule has 0 unspecified atom stereocenters. The highest BCUT2D eigenvalue weighted by Gasteiger charge is 2.41. The van der Waals surface area contributed by atoms with Gasteiger partial charge in [0.15, 0.2) is 15.4 Å². The van der Waals surface area contributed by atoms with E-state index in [1.807, 2.05) is 0 Å². The second kappa shape index (κ2) is 10.0. The van der Waals surface area contributed by atoms with Gasteiger partial charge in [-0.2, -0.15) is 18.4 Å². The summed E-state index contributed by atoms with van der Waals surface area (Å²) in [6.07, 6.45) is -5.28. The van der Waals surface area contributed by atoms with Crippen LogP contribution >= 0.6 is 0 Å². The van der Waals surface area contributed by atoms with Crippen molar-refractivity contribution in [3.8, 4) is 6.07 Å². The molecule has 0 saturated carbocycles. The molecule has 0 aliphatic carbocycles. The summed E-state index contributed by atoms with van der Waals surface area (Å²) in [5, 5.41) is 20.6. The lowest BCUT2D eigenvalue weighted by Crippen LogP contribution is -2.50. The number of hydrogen-bond donors (Lipinski definition) is 2. The molecule has 9 nitrogen and oxygen atoms in total. The van der Waals surface area contributed by atoms with Crippen LogP contribution in [0.3, 0.4) is 0 Å². The number of sulfone groups is 1. The molecule has 1 fully saturated rings. The predicted octanol–water partition coefficient (Wildman–Crippen LogP) is 3.08. The zero-order valence-corrected chi connectivity index (χ0v) is 20.6. The average Bonchev–Trinajstić information content (AvgIpc) is 2.71. The number of anilines is 1. The van der Waals surface area contributed by atoms with Crippen molar-refractivity contribution in [2.24, 2.45) is 0 Å². The van der Waals surface area contributed by atoms with E-state index in [1.165, 1.54) is 11.0 Å². The summed E-state index contributed by atoms with van der Waals surface area (Å²) in [6, 6.07) is 3.85. The van der Waals surface area contributed by atoms with Crippen LogP contribution < -0.4 is 5.32 Å². The molecule has 2 amide bonds. The Kier molecular flexibility index (Phi) is 8.13. The van der Waals surface area contributed by atoms with E-state index >= 15 is 0 Å². The van der Waals surface area contributed by atoms with Crippen molar-refractivity contribution in [1.82, 2.24) is 4.90 Å². The molecule has 1 aliphatic heterocycles. The molecule has 1 atom stereocenters. The predicted molar refractivity (Wildman–Crippen MR) is 120 cm³/mol. The monoisotopic (exact) mass is 519 g/mol. The minimum atomic E-state index is -4.86. The number of benzene rings is 1. The van der Waals surface area contributed by atoms with E-state index in [2.05, 4.69) is 5.32 Å². The summed E-state index contributed by atoms with van der Waals surface area (Å²) in [5.74, 6) is -2.18. The van der Waals surface area contributed by atoms with Gasteiger partial charge in [0.2, 0.25) is 0 Å². The molecule has 0 spiro atoms. The lowest BCUT2D eigenvalue weighted by molar-refractivity contribution is -0.137. The standard InChI is InChI=1S/C22H28F3N3O6S/c1-20(2,3)34-19(30)28-9-7-16(8-10-28)35(32,33)13-21(4,31)18(29)27-15-6-5-14(12-26)17(11-15)22(23,24)25/h5-6,11,16,31H,7-10,13H2,1-4H3,(H,27,29)/t21-/m0/s1. The van der Waals surface area contributed by atoms with Crippen LogP contribution in [0.25, 0.3) is 0 Å². The zero-order chi connectivity index (χ0) is 26.8. The normalized spacial score (nSPS) is 17.3. The van der Waals surface area contributed by atoms with Crippen LogP contribution in [0.4, 0.5) is 23.7 Å². The van der Waals surface area contributed by atoms with Gasteiger partial charge in [-0.25, -0.2) is 13.2 Å². The van der Waals surface area contributed by atoms with E-state index in [0.717, 1.165) is 19.1 Å².